The number of anilines is 1. The van der Waals surface area contributed by atoms with Crippen LogP contribution in [0.3, 0.4) is 0 Å². The first kappa shape index (κ1) is 14.9. The van der Waals surface area contributed by atoms with Crippen LogP contribution in [0, 0.1) is 5.82 Å². The van der Waals surface area contributed by atoms with E-state index in [1.54, 1.807) is 6.07 Å². The number of halogens is 1. The van der Waals surface area contributed by atoms with Crippen LogP contribution in [-0.4, -0.2) is 37.3 Å². The lowest BCUT2D eigenvalue weighted by Crippen LogP contribution is -2.28. The van der Waals surface area contributed by atoms with Crippen LogP contribution in [0.1, 0.15) is 16.8 Å². The van der Waals surface area contributed by atoms with Gasteiger partial charge in [0, 0.05) is 35.1 Å². The van der Waals surface area contributed by atoms with Crippen LogP contribution in [0.5, 0.6) is 0 Å². The molecule has 0 spiro atoms. The first-order chi connectivity index (χ1) is 10.6. The van der Waals surface area contributed by atoms with E-state index in [1.807, 2.05) is 4.90 Å². The molecular formula is C15H15FN2O3S. The highest BCUT2D eigenvalue weighted by Crippen LogP contribution is 2.27. The van der Waals surface area contributed by atoms with Gasteiger partial charge in [0.2, 0.25) is 5.43 Å². The van der Waals surface area contributed by atoms with Crippen LogP contribution in [0.4, 0.5) is 10.1 Å². The SMILES string of the molecule is O=C(O)c1csc2cc(N3CCCNCC3)c(F)cc2c1=O. The fourth-order valence-electron chi connectivity index (χ4n) is 2.62. The van der Waals surface area contributed by atoms with Crippen molar-refractivity contribution in [2.24, 2.45) is 0 Å². The normalized spacial score (nSPS) is 15.8. The van der Waals surface area contributed by atoms with E-state index in [1.165, 1.54) is 5.38 Å². The summed E-state index contributed by atoms with van der Waals surface area (Å²) in [6, 6.07) is 2.81. The van der Waals surface area contributed by atoms with Crippen LogP contribution >= 0.6 is 11.3 Å². The van der Waals surface area contributed by atoms with E-state index in [0.717, 1.165) is 43.5 Å². The van der Waals surface area contributed by atoms with E-state index >= 15 is 0 Å². The van der Waals surface area contributed by atoms with Gasteiger partial charge in [0.15, 0.2) is 0 Å². The third-order valence-electron chi connectivity index (χ3n) is 3.75. The van der Waals surface area contributed by atoms with Crippen molar-refractivity contribution < 1.29 is 14.3 Å². The van der Waals surface area contributed by atoms with Gasteiger partial charge in [-0.1, -0.05) is 0 Å². The molecule has 1 aromatic heterocycles. The minimum Gasteiger partial charge on any atom is -0.478 e. The number of nitrogens with one attached hydrogen (secondary N) is 1. The van der Waals surface area contributed by atoms with Crippen molar-refractivity contribution >= 4 is 33.1 Å². The molecule has 1 aliphatic rings. The molecule has 1 aromatic carbocycles. The summed E-state index contributed by atoms with van der Waals surface area (Å²) in [5.74, 6) is -1.77. The monoisotopic (exact) mass is 322 g/mol. The van der Waals surface area contributed by atoms with Crippen molar-refractivity contribution in [1.82, 2.24) is 5.32 Å². The van der Waals surface area contributed by atoms with Gasteiger partial charge in [-0.2, -0.15) is 0 Å². The maximum atomic E-state index is 14.4. The Kier molecular flexibility index (Phi) is 4.08. The second-order valence-corrected chi connectivity index (χ2v) is 6.09. The molecule has 3 rings (SSSR count). The molecule has 0 saturated carbocycles. The quantitative estimate of drug-likeness (QED) is 0.884. The first-order valence-corrected chi connectivity index (χ1v) is 7.90. The van der Waals surface area contributed by atoms with Gasteiger partial charge in [-0.05, 0) is 25.1 Å². The molecule has 7 heteroatoms. The molecule has 2 N–H and O–H groups in total. The number of benzene rings is 1. The summed E-state index contributed by atoms with van der Waals surface area (Å²) in [5, 5.41) is 13.7. The summed E-state index contributed by atoms with van der Waals surface area (Å²) in [5.41, 5.74) is -0.484. The zero-order valence-corrected chi connectivity index (χ0v) is 12.6. The standard InChI is InChI=1S/C15H15FN2O3S/c16-11-6-9-13(22-8-10(14(9)19)15(20)21)7-12(11)18-4-1-2-17-3-5-18/h6-8,17H,1-5H2,(H,20,21). The smallest absolute Gasteiger partial charge is 0.340 e. The summed E-state index contributed by atoms with van der Waals surface area (Å²) in [4.78, 5) is 25.1. The minimum atomic E-state index is -1.29. The number of nitrogens with zero attached hydrogens (tertiary/aromatic N) is 1. The summed E-state index contributed by atoms with van der Waals surface area (Å²) in [7, 11) is 0. The van der Waals surface area contributed by atoms with E-state index in [0.29, 0.717) is 16.9 Å². The summed E-state index contributed by atoms with van der Waals surface area (Å²) >= 11 is 1.15. The van der Waals surface area contributed by atoms with Gasteiger partial charge in [-0.15, -0.1) is 11.3 Å². The van der Waals surface area contributed by atoms with Crippen LogP contribution in [0.2, 0.25) is 0 Å². The maximum Gasteiger partial charge on any atom is 0.340 e. The fourth-order valence-corrected chi connectivity index (χ4v) is 3.53. The highest BCUT2D eigenvalue weighted by molar-refractivity contribution is 7.16. The maximum absolute atomic E-state index is 14.4. The van der Waals surface area contributed by atoms with E-state index in [2.05, 4.69) is 5.32 Å². The molecule has 0 aliphatic carbocycles. The molecule has 1 saturated heterocycles. The lowest BCUT2D eigenvalue weighted by molar-refractivity contribution is 0.0696. The van der Waals surface area contributed by atoms with Crippen LogP contribution in [0.15, 0.2) is 22.3 Å². The van der Waals surface area contributed by atoms with Crippen LogP contribution in [-0.2, 0) is 0 Å². The van der Waals surface area contributed by atoms with Crippen molar-refractivity contribution in [2.45, 2.75) is 6.42 Å². The zero-order chi connectivity index (χ0) is 15.7. The van der Waals surface area contributed by atoms with Gasteiger partial charge in [0.05, 0.1) is 5.69 Å². The van der Waals surface area contributed by atoms with Crippen LogP contribution in [0.25, 0.3) is 10.1 Å². The van der Waals surface area contributed by atoms with Crippen molar-refractivity contribution in [3.63, 3.8) is 0 Å². The Morgan fingerprint density at radius 2 is 2.14 bits per heavy atom. The number of carboxylic acids is 1. The molecule has 1 fully saturated rings. The lowest BCUT2D eigenvalue weighted by Gasteiger charge is -2.23. The predicted molar refractivity (Wildman–Crippen MR) is 84.7 cm³/mol. The molecule has 22 heavy (non-hydrogen) atoms. The molecular weight excluding hydrogens is 307 g/mol. The van der Waals surface area contributed by atoms with Crippen molar-refractivity contribution in [3.05, 3.63) is 39.1 Å². The summed E-state index contributed by atoms with van der Waals surface area (Å²) in [6.07, 6.45) is 0.922. The Balaban J connectivity index is 2.11. The summed E-state index contributed by atoms with van der Waals surface area (Å²) in [6.45, 7) is 3.13. The fraction of sp³-hybridized carbons (Fsp3) is 0.333. The molecule has 1 aliphatic heterocycles. The number of carbonyl (C=O) groups is 1. The molecule has 2 heterocycles. The second kappa shape index (κ2) is 6.02. The Bertz CT molecular complexity index is 782. The molecule has 0 unspecified atom stereocenters. The first-order valence-electron chi connectivity index (χ1n) is 7.02. The minimum absolute atomic E-state index is 0.124. The van der Waals surface area contributed by atoms with E-state index < -0.39 is 17.2 Å². The topological polar surface area (TPSA) is 69.6 Å². The number of fused-ring (bicyclic) bond motifs is 1. The summed E-state index contributed by atoms with van der Waals surface area (Å²) < 4.78 is 15.0. The molecule has 0 bridgehead atoms. The number of hydrogen-bond acceptors (Lipinski definition) is 5. The number of rotatable bonds is 2. The third kappa shape index (κ3) is 2.69. The number of carboxylic acid groups (broad SMARTS) is 1. The molecule has 0 radical (unpaired) electrons. The van der Waals surface area contributed by atoms with Gasteiger partial charge < -0.3 is 15.3 Å². The molecule has 116 valence electrons. The van der Waals surface area contributed by atoms with Gasteiger partial charge in [0.1, 0.15) is 11.4 Å². The molecule has 2 aromatic rings. The number of hydrogen-bond donors (Lipinski definition) is 2. The van der Waals surface area contributed by atoms with E-state index in [9.17, 15) is 14.0 Å². The predicted octanol–water partition coefficient (Wildman–Crippen LogP) is 1.90. The Hall–Kier alpha value is -1.99. The van der Waals surface area contributed by atoms with E-state index in [4.69, 9.17) is 5.11 Å². The Labute approximate surface area is 130 Å². The number of aromatic carboxylic acids is 1. The van der Waals surface area contributed by atoms with Crippen molar-refractivity contribution in [2.75, 3.05) is 31.1 Å². The van der Waals surface area contributed by atoms with Gasteiger partial charge in [-0.25, -0.2) is 9.18 Å². The van der Waals surface area contributed by atoms with Crippen LogP contribution < -0.4 is 15.6 Å². The lowest BCUT2D eigenvalue weighted by atomic mass is 10.1. The molecule has 0 atom stereocenters. The Morgan fingerprint density at radius 1 is 1.32 bits per heavy atom. The molecule has 5 nitrogen and oxygen atoms in total. The van der Waals surface area contributed by atoms with Gasteiger partial charge in [0.25, 0.3) is 0 Å². The van der Waals surface area contributed by atoms with Crippen molar-refractivity contribution in [3.8, 4) is 0 Å². The average molecular weight is 322 g/mol. The zero-order valence-electron chi connectivity index (χ0n) is 11.8. The largest absolute Gasteiger partial charge is 0.478 e. The highest BCUT2D eigenvalue weighted by Gasteiger charge is 2.18. The molecule has 0 amide bonds. The van der Waals surface area contributed by atoms with E-state index in [-0.39, 0.29) is 10.9 Å². The van der Waals surface area contributed by atoms with Crippen molar-refractivity contribution in [1.29, 1.82) is 0 Å². The third-order valence-corrected chi connectivity index (χ3v) is 4.70. The van der Waals surface area contributed by atoms with Gasteiger partial charge >= 0.3 is 5.97 Å². The second-order valence-electron chi connectivity index (χ2n) is 5.17. The Morgan fingerprint density at radius 3 is 2.91 bits per heavy atom. The highest BCUT2D eigenvalue weighted by atomic mass is 32.1. The average Bonchev–Trinajstić information content (AvgIpc) is 2.76. The van der Waals surface area contributed by atoms with Gasteiger partial charge in [-0.3, -0.25) is 4.79 Å².